The zero-order valence-corrected chi connectivity index (χ0v) is 20.6. The lowest BCUT2D eigenvalue weighted by molar-refractivity contribution is 0.626. The Morgan fingerprint density at radius 2 is 0.500 bits per heavy atom. The first-order valence-electron chi connectivity index (χ1n) is 9.92. The third kappa shape index (κ3) is 7.37. The van der Waals surface area contributed by atoms with Crippen molar-refractivity contribution in [3.8, 4) is 0 Å². The van der Waals surface area contributed by atoms with Gasteiger partial charge in [0.15, 0.2) is 0 Å². The number of hydrogen-bond donors (Lipinski definition) is 0. The van der Waals surface area contributed by atoms with Crippen molar-refractivity contribution in [2.45, 2.75) is 19.6 Å². The normalized spacial score (nSPS) is 10.8. The van der Waals surface area contributed by atoms with Gasteiger partial charge in [-0.15, -0.1) is 0 Å². The van der Waals surface area contributed by atoms with Crippen molar-refractivity contribution in [2.75, 3.05) is 0 Å². The van der Waals surface area contributed by atoms with Gasteiger partial charge >= 0.3 is 0 Å². The standard InChI is InChI=1S/C26H16F4S4/c27-17-1-9-21(10-2-17)31-25(32-22-11-3-18(28)4-12-22)26(33-23-13-5-19(29)6-14-23)34-24-15-7-20(30)8-16-24/h1-16H. The highest BCUT2D eigenvalue weighted by molar-refractivity contribution is 8.28. The monoisotopic (exact) mass is 532 g/mol. The first-order valence-corrected chi connectivity index (χ1v) is 13.2. The maximum Gasteiger partial charge on any atom is 0.123 e. The van der Waals surface area contributed by atoms with Crippen LogP contribution in [-0.2, 0) is 0 Å². The zero-order chi connectivity index (χ0) is 23.9. The fourth-order valence-electron chi connectivity index (χ4n) is 2.65. The second-order valence-corrected chi connectivity index (χ2v) is 11.7. The van der Waals surface area contributed by atoms with Crippen molar-refractivity contribution in [3.63, 3.8) is 0 Å². The van der Waals surface area contributed by atoms with Crippen molar-refractivity contribution in [1.29, 1.82) is 0 Å². The van der Waals surface area contributed by atoms with Crippen LogP contribution < -0.4 is 0 Å². The molecule has 4 aromatic rings. The summed E-state index contributed by atoms with van der Waals surface area (Å²) < 4.78 is 55.6. The van der Waals surface area contributed by atoms with Crippen LogP contribution in [0.3, 0.4) is 0 Å². The minimum Gasteiger partial charge on any atom is -0.207 e. The molecule has 0 aliphatic heterocycles. The summed E-state index contributed by atoms with van der Waals surface area (Å²) in [5, 5.41) is 0. The predicted octanol–water partition coefficient (Wildman–Crippen LogP) is 9.84. The molecule has 0 spiro atoms. The van der Waals surface area contributed by atoms with Crippen molar-refractivity contribution in [3.05, 3.63) is 129 Å². The fourth-order valence-corrected chi connectivity index (χ4v) is 7.41. The van der Waals surface area contributed by atoms with Gasteiger partial charge in [0.25, 0.3) is 0 Å². The van der Waals surface area contributed by atoms with Crippen molar-refractivity contribution in [2.24, 2.45) is 0 Å². The summed E-state index contributed by atoms with van der Waals surface area (Å²) in [6.45, 7) is 0. The van der Waals surface area contributed by atoms with Gasteiger partial charge in [0, 0.05) is 19.6 Å². The van der Waals surface area contributed by atoms with Gasteiger partial charge in [-0.05, 0) is 97.1 Å². The Morgan fingerprint density at radius 1 is 0.324 bits per heavy atom. The fraction of sp³-hybridized carbons (Fsp3) is 0. The smallest absolute Gasteiger partial charge is 0.123 e. The lowest BCUT2D eigenvalue weighted by atomic mass is 10.4. The maximum absolute atomic E-state index is 13.5. The van der Waals surface area contributed by atoms with Crippen LogP contribution in [-0.4, -0.2) is 0 Å². The van der Waals surface area contributed by atoms with E-state index in [-0.39, 0.29) is 23.3 Å². The van der Waals surface area contributed by atoms with E-state index in [1.165, 1.54) is 95.6 Å². The molecule has 0 aliphatic rings. The molecule has 4 rings (SSSR count). The molecule has 0 heterocycles. The highest BCUT2D eigenvalue weighted by Gasteiger charge is 2.16. The van der Waals surface area contributed by atoms with Crippen molar-refractivity contribution < 1.29 is 17.6 Å². The number of benzene rings is 4. The average Bonchev–Trinajstić information content (AvgIpc) is 2.84. The first kappa shape index (κ1) is 24.9. The molecular formula is C26H16F4S4. The van der Waals surface area contributed by atoms with Gasteiger partial charge in [-0.3, -0.25) is 0 Å². The predicted molar refractivity (Wildman–Crippen MR) is 136 cm³/mol. The molecule has 0 aromatic heterocycles. The average molecular weight is 533 g/mol. The molecule has 0 N–H and O–H groups in total. The van der Waals surface area contributed by atoms with E-state index in [1.54, 1.807) is 48.5 Å². The van der Waals surface area contributed by atoms with Gasteiger partial charge in [0.05, 0.1) is 8.47 Å². The SMILES string of the molecule is Fc1ccc(SC(Sc2ccc(F)cc2)=C(Sc2ccc(F)cc2)Sc2ccc(F)cc2)cc1. The van der Waals surface area contributed by atoms with Crippen LogP contribution in [0.2, 0.25) is 0 Å². The summed E-state index contributed by atoms with van der Waals surface area (Å²) in [5.74, 6) is -1.32. The van der Waals surface area contributed by atoms with E-state index in [0.717, 1.165) is 28.1 Å². The van der Waals surface area contributed by atoms with Gasteiger partial charge in [0.2, 0.25) is 0 Å². The molecule has 0 amide bonds. The van der Waals surface area contributed by atoms with E-state index < -0.39 is 0 Å². The molecule has 4 aromatic carbocycles. The van der Waals surface area contributed by atoms with Crippen LogP contribution >= 0.6 is 47.0 Å². The number of thioether (sulfide) groups is 4. The molecule has 8 heteroatoms. The molecule has 34 heavy (non-hydrogen) atoms. The summed E-state index contributed by atoms with van der Waals surface area (Å²) in [4.78, 5) is 3.29. The molecule has 0 saturated heterocycles. The highest BCUT2D eigenvalue weighted by Crippen LogP contribution is 2.51. The van der Waals surface area contributed by atoms with Crippen LogP contribution in [0, 0.1) is 23.3 Å². The Kier molecular flexibility index (Phi) is 8.72. The first-order chi connectivity index (χ1) is 16.4. The molecule has 0 bridgehead atoms. The van der Waals surface area contributed by atoms with Gasteiger partial charge in [-0.2, -0.15) is 0 Å². The van der Waals surface area contributed by atoms with Gasteiger partial charge in [-0.1, -0.05) is 47.0 Å². The topological polar surface area (TPSA) is 0 Å². The third-order valence-electron chi connectivity index (χ3n) is 4.26. The van der Waals surface area contributed by atoms with Crippen molar-refractivity contribution >= 4 is 47.0 Å². The molecule has 0 fully saturated rings. The second-order valence-electron chi connectivity index (χ2n) is 6.80. The molecule has 0 unspecified atom stereocenters. The highest BCUT2D eigenvalue weighted by atomic mass is 32.2. The molecule has 0 saturated carbocycles. The van der Waals surface area contributed by atoms with Crippen LogP contribution in [0.1, 0.15) is 0 Å². The van der Waals surface area contributed by atoms with Crippen LogP contribution in [0.4, 0.5) is 17.6 Å². The van der Waals surface area contributed by atoms with Crippen LogP contribution in [0.15, 0.2) is 125 Å². The summed E-state index contributed by atoms with van der Waals surface area (Å²) in [6.07, 6.45) is 0. The maximum atomic E-state index is 13.5. The van der Waals surface area contributed by atoms with Gasteiger partial charge in [0.1, 0.15) is 23.3 Å². The molecular weight excluding hydrogens is 517 g/mol. The van der Waals surface area contributed by atoms with E-state index in [0.29, 0.717) is 0 Å². The summed E-state index contributed by atoms with van der Waals surface area (Å²) in [5.41, 5.74) is 0. The van der Waals surface area contributed by atoms with E-state index >= 15 is 0 Å². The Bertz CT molecular complexity index is 1050. The summed E-state index contributed by atoms with van der Waals surface area (Å²) in [6, 6.07) is 24.6. The number of halogens is 4. The molecule has 0 atom stereocenters. The second kappa shape index (κ2) is 11.9. The van der Waals surface area contributed by atoms with Gasteiger partial charge in [-0.25, -0.2) is 17.6 Å². The minimum atomic E-state index is -0.331. The van der Waals surface area contributed by atoms with Crippen LogP contribution in [0.25, 0.3) is 0 Å². The van der Waals surface area contributed by atoms with Crippen molar-refractivity contribution in [1.82, 2.24) is 0 Å². The van der Waals surface area contributed by atoms with E-state index in [4.69, 9.17) is 0 Å². The molecule has 0 radical (unpaired) electrons. The zero-order valence-electron chi connectivity index (χ0n) is 17.4. The molecule has 172 valence electrons. The Morgan fingerprint density at radius 3 is 0.676 bits per heavy atom. The quantitative estimate of drug-likeness (QED) is 0.163. The number of hydrogen-bond acceptors (Lipinski definition) is 4. The van der Waals surface area contributed by atoms with E-state index in [9.17, 15) is 17.6 Å². The van der Waals surface area contributed by atoms with E-state index in [1.807, 2.05) is 0 Å². The third-order valence-corrected chi connectivity index (χ3v) is 9.37. The van der Waals surface area contributed by atoms with Crippen LogP contribution in [0.5, 0.6) is 0 Å². The summed E-state index contributed by atoms with van der Waals surface area (Å²) >= 11 is 5.77. The van der Waals surface area contributed by atoms with Gasteiger partial charge < -0.3 is 0 Å². The van der Waals surface area contributed by atoms with E-state index in [2.05, 4.69) is 0 Å². The lowest BCUT2D eigenvalue weighted by Crippen LogP contribution is -1.84. The summed E-state index contributed by atoms with van der Waals surface area (Å²) in [7, 11) is 0. The Labute approximate surface area is 212 Å². The number of rotatable bonds is 8. The largest absolute Gasteiger partial charge is 0.207 e. The Balaban J connectivity index is 1.76. The minimum absolute atomic E-state index is 0.331. The lowest BCUT2D eigenvalue weighted by Gasteiger charge is -2.15. The molecule has 0 aliphatic carbocycles. The Hall–Kier alpha value is -2.26. The molecule has 0 nitrogen and oxygen atoms in total.